The monoisotopic (exact) mass is 179 g/mol. The molecule has 0 saturated carbocycles. The van der Waals surface area contributed by atoms with Crippen LogP contribution in [0.2, 0.25) is 0 Å². The van der Waals surface area contributed by atoms with E-state index in [1.807, 2.05) is 0 Å². The van der Waals surface area contributed by atoms with Crippen molar-refractivity contribution >= 4 is 16.9 Å². The van der Waals surface area contributed by atoms with Crippen molar-refractivity contribution in [2.45, 2.75) is 0 Å². The third-order valence-corrected chi connectivity index (χ3v) is 1.67. The number of rotatable bonds is 1. The summed E-state index contributed by atoms with van der Waals surface area (Å²) in [6, 6.07) is 1.59. The number of aromatic nitrogens is 1. The van der Waals surface area contributed by atoms with Gasteiger partial charge in [0.05, 0.1) is 6.26 Å². The fourth-order valence-corrected chi connectivity index (χ4v) is 1.07. The molecule has 0 aromatic carbocycles. The summed E-state index contributed by atoms with van der Waals surface area (Å²) < 4.78 is 4.89. The van der Waals surface area contributed by atoms with Gasteiger partial charge in [0.1, 0.15) is 0 Å². The lowest BCUT2D eigenvalue weighted by Gasteiger charge is -1.97. The van der Waals surface area contributed by atoms with Crippen LogP contribution in [0.4, 0.5) is 0 Å². The van der Waals surface area contributed by atoms with E-state index < -0.39 is 17.4 Å². The molecule has 2 heterocycles. The molecule has 0 aliphatic heterocycles. The average Bonchev–Trinajstić information content (AvgIpc) is 2.52. The summed E-state index contributed by atoms with van der Waals surface area (Å²) in [6.07, 6.45) is 2.69. The number of carboxylic acid groups (broad SMARTS) is 1. The van der Waals surface area contributed by atoms with Gasteiger partial charge in [-0.25, -0.2) is 9.78 Å². The SMILES string of the molecule is O=C(O)c1ncc2ccoc2c1O. The Kier molecular flexibility index (Phi) is 1.45. The van der Waals surface area contributed by atoms with E-state index in [1.54, 1.807) is 6.07 Å². The highest BCUT2D eigenvalue weighted by molar-refractivity contribution is 5.95. The van der Waals surface area contributed by atoms with E-state index in [1.165, 1.54) is 12.5 Å². The fourth-order valence-electron chi connectivity index (χ4n) is 1.07. The number of carboxylic acids is 1. The van der Waals surface area contributed by atoms with Crippen LogP contribution in [-0.4, -0.2) is 21.2 Å². The maximum atomic E-state index is 10.5. The minimum Gasteiger partial charge on any atom is -0.503 e. The first-order valence-electron chi connectivity index (χ1n) is 3.48. The summed E-state index contributed by atoms with van der Waals surface area (Å²) in [4.78, 5) is 14.1. The van der Waals surface area contributed by atoms with Crippen molar-refractivity contribution in [1.29, 1.82) is 0 Å². The van der Waals surface area contributed by atoms with Gasteiger partial charge in [-0.15, -0.1) is 0 Å². The fraction of sp³-hybridized carbons (Fsp3) is 0. The zero-order valence-corrected chi connectivity index (χ0v) is 6.39. The number of furan rings is 1. The molecule has 0 saturated heterocycles. The highest BCUT2D eigenvalue weighted by Gasteiger charge is 2.15. The minimum atomic E-state index is -1.28. The Labute approximate surface area is 72.2 Å². The van der Waals surface area contributed by atoms with Crippen molar-refractivity contribution in [3.05, 3.63) is 24.2 Å². The third kappa shape index (κ3) is 1.01. The molecule has 0 spiro atoms. The van der Waals surface area contributed by atoms with Crippen LogP contribution in [0.5, 0.6) is 5.75 Å². The van der Waals surface area contributed by atoms with Crippen LogP contribution < -0.4 is 0 Å². The summed E-state index contributed by atoms with van der Waals surface area (Å²) in [5.41, 5.74) is -0.255. The predicted octanol–water partition coefficient (Wildman–Crippen LogP) is 1.23. The summed E-state index contributed by atoms with van der Waals surface area (Å²) in [5.74, 6) is -1.72. The van der Waals surface area contributed by atoms with Gasteiger partial charge in [0.25, 0.3) is 0 Å². The lowest BCUT2D eigenvalue weighted by Crippen LogP contribution is -1.99. The Hall–Kier alpha value is -2.04. The first-order valence-corrected chi connectivity index (χ1v) is 3.48. The van der Waals surface area contributed by atoms with Gasteiger partial charge < -0.3 is 14.6 Å². The molecule has 0 unspecified atom stereocenters. The predicted molar refractivity (Wildman–Crippen MR) is 42.6 cm³/mol. The van der Waals surface area contributed by atoms with Crippen molar-refractivity contribution in [3.63, 3.8) is 0 Å². The van der Waals surface area contributed by atoms with Gasteiger partial charge in [-0.1, -0.05) is 0 Å². The Morgan fingerprint density at radius 2 is 2.31 bits per heavy atom. The second-order valence-electron chi connectivity index (χ2n) is 2.47. The number of nitrogens with zero attached hydrogens (tertiary/aromatic N) is 1. The summed E-state index contributed by atoms with van der Waals surface area (Å²) in [5, 5.41) is 18.5. The molecule has 5 nitrogen and oxygen atoms in total. The summed E-state index contributed by atoms with van der Waals surface area (Å²) >= 11 is 0. The summed E-state index contributed by atoms with van der Waals surface area (Å²) in [6.45, 7) is 0. The molecule has 66 valence electrons. The second-order valence-corrected chi connectivity index (χ2v) is 2.47. The quantitative estimate of drug-likeness (QED) is 0.687. The van der Waals surface area contributed by atoms with Crippen LogP contribution in [0.25, 0.3) is 11.0 Å². The maximum absolute atomic E-state index is 10.5. The van der Waals surface area contributed by atoms with E-state index in [0.717, 1.165) is 0 Å². The molecule has 5 heteroatoms. The van der Waals surface area contributed by atoms with Gasteiger partial charge in [0.15, 0.2) is 17.0 Å². The van der Waals surface area contributed by atoms with Gasteiger partial charge >= 0.3 is 5.97 Å². The standard InChI is InChI=1S/C8H5NO4/c10-6-5(8(11)12)9-3-4-1-2-13-7(4)6/h1-3,10H,(H,11,12). The van der Waals surface area contributed by atoms with Crippen molar-refractivity contribution in [1.82, 2.24) is 4.98 Å². The lowest BCUT2D eigenvalue weighted by molar-refractivity contribution is 0.0687. The van der Waals surface area contributed by atoms with E-state index in [9.17, 15) is 9.90 Å². The zero-order valence-electron chi connectivity index (χ0n) is 6.39. The zero-order chi connectivity index (χ0) is 9.42. The molecule has 13 heavy (non-hydrogen) atoms. The molecule has 2 N–H and O–H groups in total. The van der Waals surface area contributed by atoms with Crippen molar-refractivity contribution in [3.8, 4) is 5.75 Å². The molecule has 0 radical (unpaired) electrons. The van der Waals surface area contributed by atoms with Crippen molar-refractivity contribution in [2.75, 3.05) is 0 Å². The Morgan fingerprint density at radius 1 is 1.54 bits per heavy atom. The van der Waals surface area contributed by atoms with Crippen LogP contribution in [0, 0.1) is 0 Å². The number of pyridine rings is 1. The number of fused-ring (bicyclic) bond motifs is 1. The van der Waals surface area contributed by atoms with Gasteiger partial charge in [-0.2, -0.15) is 0 Å². The van der Waals surface area contributed by atoms with E-state index in [2.05, 4.69) is 4.98 Å². The van der Waals surface area contributed by atoms with Crippen LogP contribution in [0.15, 0.2) is 22.9 Å². The third-order valence-electron chi connectivity index (χ3n) is 1.67. The maximum Gasteiger partial charge on any atom is 0.358 e. The van der Waals surface area contributed by atoms with E-state index in [4.69, 9.17) is 9.52 Å². The molecule has 0 atom stereocenters. The molecule has 0 bridgehead atoms. The molecule has 2 rings (SSSR count). The second kappa shape index (κ2) is 2.48. The van der Waals surface area contributed by atoms with E-state index >= 15 is 0 Å². The normalized spacial score (nSPS) is 10.5. The van der Waals surface area contributed by atoms with Gasteiger partial charge in [0, 0.05) is 11.6 Å². The minimum absolute atomic E-state index is 0.146. The molecular formula is C8H5NO4. The highest BCUT2D eigenvalue weighted by atomic mass is 16.4. The molecular weight excluding hydrogens is 174 g/mol. The average molecular weight is 179 g/mol. The molecule has 2 aromatic heterocycles. The van der Waals surface area contributed by atoms with E-state index in [0.29, 0.717) is 5.39 Å². The lowest BCUT2D eigenvalue weighted by atomic mass is 10.2. The molecule has 2 aromatic rings. The van der Waals surface area contributed by atoms with Gasteiger partial charge in [0.2, 0.25) is 0 Å². The largest absolute Gasteiger partial charge is 0.503 e. The van der Waals surface area contributed by atoms with Crippen molar-refractivity contribution < 1.29 is 19.4 Å². The van der Waals surface area contributed by atoms with Crippen LogP contribution in [0.1, 0.15) is 10.5 Å². The Bertz CT molecular complexity index is 474. The molecule has 0 amide bonds. The number of carbonyl (C=O) groups is 1. The Balaban J connectivity index is 2.80. The Morgan fingerprint density at radius 3 is 3.00 bits per heavy atom. The topological polar surface area (TPSA) is 83.6 Å². The number of aromatic hydroxyl groups is 1. The van der Waals surface area contributed by atoms with Gasteiger partial charge in [-0.05, 0) is 6.07 Å². The van der Waals surface area contributed by atoms with Crippen LogP contribution in [0.3, 0.4) is 0 Å². The highest BCUT2D eigenvalue weighted by Crippen LogP contribution is 2.27. The molecule has 0 aliphatic rings. The summed E-state index contributed by atoms with van der Waals surface area (Å²) in [7, 11) is 0. The smallest absolute Gasteiger partial charge is 0.358 e. The van der Waals surface area contributed by atoms with Crippen molar-refractivity contribution in [2.24, 2.45) is 0 Å². The first kappa shape index (κ1) is 7.60. The number of aromatic carboxylic acids is 1. The first-order chi connectivity index (χ1) is 6.20. The number of hydrogen-bond acceptors (Lipinski definition) is 4. The van der Waals surface area contributed by atoms with Crippen LogP contribution in [-0.2, 0) is 0 Å². The molecule has 0 aliphatic carbocycles. The van der Waals surface area contributed by atoms with Crippen LogP contribution >= 0.6 is 0 Å². The van der Waals surface area contributed by atoms with E-state index in [-0.39, 0.29) is 5.58 Å². The van der Waals surface area contributed by atoms with Gasteiger partial charge in [-0.3, -0.25) is 0 Å². The molecule has 0 fully saturated rings. The number of hydrogen-bond donors (Lipinski definition) is 2.